The Morgan fingerprint density at radius 1 is 1.35 bits per heavy atom. The van der Waals surface area contributed by atoms with Crippen LogP contribution in [0, 0.1) is 0 Å². The number of amidine groups is 1. The van der Waals surface area contributed by atoms with E-state index in [0.29, 0.717) is 16.4 Å². The summed E-state index contributed by atoms with van der Waals surface area (Å²) in [4.78, 5) is 8.73. The van der Waals surface area contributed by atoms with E-state index in [2.05, 4.69) is 15.1 Å². The van der Waals surface area contributed by atoms with Gasteiger partial charge in [-0.2, -0.15) is 0 Å². The molecule has 0 saturated carbocycles. The zero-order valence-electron chi connectivity index (χ0n) is 10.8. The topological polar surface area (TPSA) is 89.3 Å². The van der Waals surface area contributed by atoms with Gasteiger partial charge in [-0.05, 0) is 31.7 Å². The van der Waals surface area contributed by atoms with E-state index >= 15 is 0 Å². The highest BCUT2D eigenvalue weighted by molar-refractivity contribution is 6.35. The van der Waals surface area contributed by atoms with Gasteiger partial charge in [0.2, 0.25) is 0 Å². The molecule has 2 heterocycles. The summed E-state index contributed by atoms with van der Waals surface area (Å²) in [6, 6.07) is 1.62. The van der Waals surface area contributed by atoms with E-state index in [9.17, 15) is 0 Å². The highest BCUT2D eigenvalue weighted by Crippen LogP contribution is 2.27. The molecule has 0 radical (unpaired) electrons. The summed E-state index contributed by atoms with van der Waals surface area (Å²) >= 11 is 6.33. The molecule has 0 amide bonds. The molecule has 3 N–H and O–H groups in total. The minimum absolute atomic E-state index is 0.0346. The molecule has 0 aliphatic heterocycles. The maximum atomic E-state index is 8.79. The third-order valence-electron chi connectivity index (χ3n) is 3.51. The minimum Gasteiger partial charge on any atom is -0.409 e. The molecule has 7 heteroatoms. The average Bonchev–Trinajstić information content (AvgIpc) is 2.90. The van der Waals surface area contributed by atoms with Crippen molar-refractivity contribution in [1.82, 2.24) is 14.5 Å². The molecule has 0 spiro atoms. The van der Waals surface area contributed by atoms with E-state index in [4.69, 9.17) is 22.5 Å². The lowest BCUT2D eigenvalue weighted by Gasteiger charge is -2.15. The van der Waals surface area contributed by atoms with E-state index in [1.807, 2.05) is 4.57 Å². The summed E-state index contributed by atoms with van der Waals surface area (Å²) in [6.07, 6.45) is 7.57. The standard InChI is InChI=1S/C13H14ClN5O/c14-11-8(12(15)18-20)5-6-16-13(11)19-7-17-9-3-1-2-4-10(9)19/h5-7,20H,1-4H2,(H2,15,18). The molecule has 0 bridgehead atoms. The smallest absolute Gasteiger partial charge is 0.171 e. The van der Waals surface area contributed by atoms with E-state index in [1.165, 1.54) is 0 Å². The predicted octanol–water partition coefficient (Wildman–Crippen LogP) is 1.89. The van der Waals surface area contributed by atoms with Crippen LogP contribution in [0.1, 0.15) is 29.8 Å². The molecule has 0 atom stereocenters. The molecule has 1 aliphatic rings. The Balaban J connectivity index is 2.14. The fourth-order valence-corrected chi connectivity index (χ4v) is 2.80. The fourth-order valence-electron chi connectivity index (χ4n) is 2.50. The summed E-state index contributed by atoms with van der Waals surface area (Å²) in [6.45, 7) is 0. The normalized spacial score (nSPS) is 15.2. The van der Waals surface area contributed by atoms with Gasteiger partial charge in [-0.25, -0.2) is 9.97 Å². The molecule has 20 heavy (non-hydrogen) atoms. The van der Waals surface area contributed by atoms with Gasteiger partial charge in [-0.3, -0.25) is 4.57 Å². The SMILES string of the molecule is N/C(=N/O)c1ccnc(-n2cnc3c2CCCC3)c1Cl. The van der Waals surface area contributed by atoms with Crippen LogP contribution in [0.4, 0.5) is 0 Å². The fraction of sp³-hybridized carbons (Fsp3) is 0.308. The van der Waals surface area contributed by atoms with Gasteiger partial charge in [0.1, 0.15) is 6.33 Å². The summed E-state index contributed by atoms with van der Waals surface area (Å²) in [7, 11) is 0. The number of imidazole rings is 1. The maximum Gasteiger partial charge on any atom is 0.171 e. The van der Waals surface area contributed by atoms with Crippen molar-refractivity contribution in [1.29, 1.82) is 0 Å². The lowest BCUT2D eigenvalue weighted by Crippen LogP contribution is -2.16. The molecule has 0 aromatic carbocycles. The predicted molar refractivity (Wildman–Crippen MR) is 75.5 cm³/mol. The van der Waals surface area contributed by atoms with Gasteiger partial charge in [0, 0.05) is 17.5 Å². The Labute approximate surface area is 120 Å². The first kappa shape index (κ1) is 12.9. The van der Waals surface area contributed by atoms with Crippen LogP contribution >= 0.6 is 11.6 Å². The van der Waals surface area contributed by atoms with Crippen LogP contribution in [-0.4, -0.2) is 25.6 Å². The van der Waals surface area contributed by atoms with E-state index < -0.39 is 0 Å². The van der Waals surface area contributed by atoms with E-state index in [0.717, 1.165) is 37.1 Å². The summed E-state index contributed by atoms with van der Waals surface area (Å²) in [5.41, 5.74) is 8.32. The van der Waals surface area contributed by atoms with Gasteiger partial charge in [-0.1, -0.05) is 16.8 Å². The van der Waals surface area contributed by atoms with E-state index in [-0.39, 0.29) is 5.84 Å². The molecule has 6 nitrogen and oxygen atoms in total. The van der Waals surface area contributed by atoms with Crippen molar-refractivity contribution in [3.05, 3.63) is 40.6 Å². The van der Waals surface area contributed by atoms with Gasteiger partial charge in [0.05, 0.1) is 10.7 Å². The molecule has 3 rings (SSSR count). The number of nitrogens with zero attached hydrogens (tertiary/aromatic N) is 4. The van der Waals surface area contributed by atoms with Crippen LogP contribution in [0.5, 0.6) is 0 Å². The van der Waals surface area contributed by atoms with Crippen molar-refractivity contribution in [2.45, 2.75) is 25.7 Å². The van der Waals surface area contributed by atoms with Crippen LogP contribution in [0.15, 0.2) is 23.7 Å². The van der Waals surface area contributed by atoms with Crippen molar-refractivity contribution in [3.8, 4) is 5.82 Å². The number of pyridine rings is 1. The highest BCUT2D eigenvalue weighted by Gasteiger charge is 2.19. The Kier molecular flexibility index (Phi) is 3.31. The van der Waals surface area contributed by atoms with Crippen LogP contribution < -0.4 is 5.73 Å². The molecule has 1 aliphatic carbocycles. The number of hydrogen-bond donors (Lipinski definition) is 2. The third kappa shape index (κ3) is 2.02. The highest BCUT2D eigenvalue weighted by atomic mass is 35.5. The maximum absolute atomic E-state index is 8.79. The molecule has 104 valence electrons. The Morgan fingerprint density at radius 2 is 2.15 bits per heavy atom. The Bertz CT molecular complexity index is 679. The number of rotatable bonds is 2. The van der Waals surface area contributed by atoms with Crippen LogP contribution in [0.3, 0.4) is 0 Å². The van der Waals surface area contributed by atoms with Crippen LogP contribution in [0.2, 0.25) is 5.02 Å². The summed E-state index contributed by atoms with van der Waals surface area (Å²) in [5.74, 6) is 0.527. The van der Waals surface area contributed by atoms with Crippen molar-refractivity contribution in [2.24, 2.45) is 10.9 Å². The second kappa shape index (κ2) is 5.13. The number of hydrogen-bond acceptors (Lipinski definition) is 4. The summed E-state index contributed by atoms with van der Waals surface area (Å²) in [5, 5.41) is 12.1. The van der Waals surface area contributed by atoms with Gasteiger partial charge in [0.15, 0.2) is 11.7 Å². The second-order valence-electron chi connectivity index (χ2n) is 4.70. The van der Waals surface area contributed by atoms with Crippen molar-refractivity contribution < 1.29 is 5.21 Å². The van der Waals surface area contributed by atoms with Crippen molar-refractivity contribution in [2.75, 3.05) is 0 Å². The molecular weight excluding hydrogens is 278 g/mol. The van der Waals surface area contributed by atoms with Crippen molar-refractivity contribution >= 4 is 17.4 Å². The molecule has 0 fully saturated rings. The quantitative estimate of drug-likeness (QED) is 0.383. The number of fused-ring (bicyclic) bond motifs is 1. The van der Waals surface area contributed by atoms with Crippen molar-refractivity contribution in [3.63, 3.8) is 0 Å². The number of oxime groups is 1. The first-order valence-corrected chi connectivity index (χ1v) is 6.78. The molecule has 2 aromatic rings. The third-order valence-corrected chi connectivity index (χ3v) is 3.89. The lowest BCUT2D eigenvalue weighted by molar-refractivity contribution is 0.318. The molecule has 0 saturated heterocycles. The van der Waals surface area contributed by atoms with Gasteiger partial charge in [-0.15, -0.1) is 0 Å². The Morgan fingerprint density at radius 3 is 2.95 bits per heavy atom. The number of nitrogens with two attached hydrogens (primary N) is 1. The largest absolute Gasteiger partial charge is 0.409 e. The first-order valence-electron chi connectivity index (χ1n) is 6.40. The lowest BCUT2D eigenvalue weighted by atomic mass is 10.0. The number of aromatic nitrogens is 3. The number of halogens is 1. The summed E-state index contributed by atoms with van der Waals surface area (Å²) < 4.78 is 1.89. The average molecular weight is 292 g/mol. The minimum atomic E-state index is -0.0346. The van der Waals surface area contributed by atoms with Crippen LogP contribution in [0.25, 0.3) is 5.82 Å². The molecule has 0 unspecified atom stereocenters. The van der Waals surface area contributed by atoms with Gasteiger partial charge in [0.25, 0.3) is 0 Å². The van der Waals surface area contributed by atoms with E-state index in [1.54, 1.807) is 18.6 Å². The first-order chi connectivity index (χ1) is 9.72. The van der Waals surface area contributed by atoms with Gasteiger partial charge >= 0.3 is 0 Å². The zero-order chi connectivity index (χ0) is 14.1. The molecule has 2 aromatic heterocycles. The van der Waals surface area contributed by atoms with Crippen LogP contribution in [-0.2, 0) is 12.8 Å². The zero-order valence-corrected chi connectivity index (χ0v) is 11.5. The Hall–Kier alpha value is -2.08. The monoisotopic (exact) mass is 291 g/mol. The molecular formula is C13H14ClN5O. The number of aryl methyl sites for hydroxylation is 1. The van der Waals surface area contributed by atoms with Gasteiger partial charge < -0.3 is 10.9 Å². The second-order valence-corrected chi connectivity index (χ2v) is 5.07.